The van der Waals surface area contributed by atoms with Crippen molar-refractivity contribution in [2.45, 2.75) is 6.61 Å². The minimum atomic E-state index is -0.305. The first-order valence-electron chi connectivity index (χ1n) is 2.52. The molecule has 47 valence electrons. The number of halogens is 1. The lowest BCUT2D eigenvalue weighted by atomic mass is 10.4. The van der Waals surface area contributed by atoms with Crippen LogP contribution in [0.25, 0.3) is 0 Å². The fourth-order valence-electron chi connectivity index (χ4n) is 0.531. The third-order valence-corrected chi connectivity index (χ3v) is 1.13. The minimum Gasteiger partial charge on any atom is -0.239 e. The van der Waals surface area contributed by atoms with Gasteiger partial charge in [-0.1, -0.05) is 17.7 Å². The SMILES string of the molecule is [O]Cc1cccc(Cl)n1. The van der Waals surface area contributed by atoms with Crippen molar-refractivity contribution in [3.8, 4) is 0 Å². The van der Waals surface area contributed by atoms with Crippen LogP contribution in [0.4, 0.5) is 0 Å². The van der Waals surface area contributed by atoms with Gasteiger partial charge < -0.3 is 0 Å². The van der Waals surface area contributed by atoms with Gasteiger partial charge >= 0.3 is 0 Å². The Balaban J connectivity index is 2.94. The Bertz CT molecular complexity index is 202. The van der Waals surface area contributed by atoms with Crippen molar-refractivity contribution in [1.29, 1.82) is 0 Å². The van der Waals surface area contributed by atoms with Crippen LogP contribution in [0.1, 0.15) is 5.69 Å². The summed E-state index contributed by atoms with van der Waals surface area (Å²) in [5.74, 6) is 0. The summed E-state index contributed by atoms with van der Waals surface area (Å²) in [5, 5.41) is 10.5. The van der Waals surface area contributed by atoms with Gasteiger partial charge in [0, 0.05) is 0 Å². The molecular weight excluding hydrogens is 138 g/mol. The van der Waals surface area contributed by atoms with Gasteiger partial charge in [-0.2, -0.15) is 0 Å². The van der Waals surface area contributed by atoms with E-state index in [0.29, 0.717) is 10.8 Å². The highest BCUT2D eigenvalue weighted by molar-refractivity contribution is 6.29. The highest BCUT2D eigenvalue weighted by Gasteiger charge is 1.91. The van der Waals surface area contributed by atoms with E-state index in [0.717, 1.165) is 0 Å². The first kappa shape index (κ1) is 6.52. The van der Waals surface area contributed by atoms with Crippen molar-refractivity contribution in [2.75, 3.05) is 0 Å². The number of pyridine rings is 1. The van der Waals surface area contributed by atoms with Gasteiger partial charge in [0.25, 0.3) is 0 Å². The maximum atomic E-state index is 10.2. The van der Waals surface area contributed by atoms with Gasteiger partial charge in [0.05, 0.1) is 5.69 Å². The van der Waals surface area contributed by atoms with Crippen LogP contribution in [0.3, 0.4) is 0 Å². The van der Waals surface area contributed by atoms with E-state index >= 15 is 0 Å². The maximum Gasteiger partial charge on any atom is 0.129 e. The van der Waals surface area contributed by atoms with Crippen LogP contribution in [-0.2, 0) is 11.7 Å². The number of nitrogens with zero attached hydrogens (tertiary/aromatic N) is 1. The smallest absolute Gasteiger partial charge is 0.129 e. The van der Waals surface area contributed by atoms with Crippen molar-refractivity contribution < 1.29 is 5.11 Å². The molecule has 0 atom stereocenters. The highest BCUT2D eigenvalue weighted by Crippen LogP contribution is 2.04. The molecule has 0 unspecified atom stereocenters. The van der Waals surface area contributed by atoms with Crippen molar-refractivity contribution >= 4 is 11.6 Å². The first-order chi connectivity index (χ1) is 4.33. The fraction of sp³-hybridized carbons (Fsp3) is 0.167. The molecule has 0 amide bonds. The van der Waals surface area contributed by atoms with E-state index in [1.54, 1.807) is 18.2 Å². The Labute approximate surface area is 58.1 Å². The Morgan fingerprint density at radius 3 is 2.78 bits per heavy atom. The zero-order valence-corrected chi connectivity index (χ0v) is 5.43. The zero-order chi connectivity index (χ0) is 6.69. The fourth-order valence-corrected chi connectivity index (χ4v) is 0.712. The normalized spacial score (nSPS) is 9.56. The summed E-state index contributed by atoms with van der Waals surface area (Å²) in [6.45, 7) is -0.305. The first-order valence-corrected chi connectivity index (χ1v) is 2.90. The van der Waals surface area contributed by atoms with Crippen LogP contribution in [-0.4, -0.2) is 4.98 Å². The molecule has 0 aliphatic carbocycles. The van der Waals surface area contributed by atoms with Gasteiger partial charge in [0.1, 0.15) is 11.8 Å². The summed E-state index contributed by atoms with van der Waals surface area (Å²) < 4.78 is 0. The van der Waals surface area contributed by atoms with Gasteiger partial charge in [-0.25, -0.2) is 10.1 Å². The number of aromatic nitrogens is 1. The number of hydrogen-bond donors (Lipinski definition) is 0. The standard InChI is InChI=1S/C6H5ClNO/c7-6-3-1-2-5(4-9)8-6/h1-3H,4H2. The van der Waals surface area contributed by atoms with E-state index in [4.69, 9.17) is 11.6 Å². The molecule has 1 rings (SSSR count). The number of rotatable bonds is 1. The summed E-state index contributed by atoms with van der Waals surface area (Å²) in [6.07, 6.45) is 0. The molecule has 0 spiro atoms. The Kier molecular flexibility index (Phi) is 2.03. The maximum absolute atomic E-state index is 10.2. The van der Waals surface area contributed by atoms with E-state index in [-0.39, 0.29) is 6.61 Å². The molecule has 0 aliphatic heterocycles. The third-order valence-electron chi connectivity index (χ3n) is 0.921. The summed E-state index contributed by atoms with van der Waals surface area (Å²) in [6, 6.07) is 5.00. The highest BCUT2D eigenvalue weighted by atomic mass is 35.5. The molecule has 0 saturated carbocycles. The molecule has 1 radical (unpaired) electrons. The topological polar surface area (TPSA) is 32.8 Å². The van der Waals surface area contributed by atoms with E-state index < -0.39 is 0 Å². The molecule has 0 N–H and O–H groups in total. The minimum absolute atomic E-state index is 0.305. The second-order valence-electron chi connectivity index (χ2n) is 1.60. The van der Waals surface area contributed by atoms with E-state index in [1.165, 1.54) is 0 Å². The molecule has 0 saturated heterocycles. The monoisotopic (exact) mass is 142 g/mol. The average Bonchev–Trinajstić information content (AvgIpc) is 1.88. The molecule has 0 fully saturated rings. The Hall–Kier alpha value is -0.600. The van der Waals surface area contributed by atoms with Crippen molar-refractivity contribution in [3.05, 3.63) is 29.0 Å². The van der Waals surface area contributed by atoms with E-state index in [2.05, 4.69) is 4.98 Å². The second kappa shape index (κ2) is 2.80. The number of hydrogen-bond acceptors (Lipinski definition) is 1. The summed E-state index contributed by atoms with van der Waals surface area (Å²) in [7, 11) is 0. The molecule has 3 heteroatoms. The molecule has 1 aromatic rings. The van der Waals surface area contributed by atoms with Crippen LogP contribution < -0.4 is 0 Å². The van der Waals surface area contributed by atoms with Crippen LogP contribution in [0.2, 0.25) is 5.15 Å². The Morgan fingerprint density at radius 2 is 2.33 bits per heavy atom. The zero-order valence-electron chi connectivity index (χ0n) is 4.67. The molecule has 9 heavy (non-hydrogen) atoms. The molecular formula is C6H5ClNO. The second-order valence-corrected chi connectivity index (χ2v) is 1.98. The largest absolute Gasteiger partial charge is 0.239 e. The van der Waals surface area contributed by atoms with Crippen LogP contribution in [0, 0.1) is 0 Å². The summed E-state index contributed by atoms with van der Waals surface area (Å²) >= 11 is 5.47. The summed E-state index contributed by atoms with van der Waals surface area (Å²) in [5.41, 5.74) is 0.488. The van der Waals surface area contributed by atoms with Gasteiger partial charge in [0.15, 0.2) is 0 Å². The predicted octanol–water partition coefficient (Wildman–Crippen LogP) is 1.67. The lowest BCUT2D eigenvalue weighted by Crippen LogP contribution is -1.85. The van der Waals surface area contributed by atoms with Gasteiger partial charge in [0.2, 0.25) is 0 Å². The van der Waals surface area contributed by atoms with E-state index in [9.17, 15) is 5.11 Å². The molecule has 0 aliphatic rings. The quantitative estimate of drug-likeness (QED) is 0.549. The lowest BCUT2D eigenvalue weighted by Gasteiger charge is -1.91. The van der Waals surface area contributed by atoms with Crippen molar-refractivity contribution in [2.24, 2.45) is 0 Å². The lowest BCUT2D eigenvalue weighted by molar-refractivity contribution is 0.174. The van der Waals surface area contributed by atoms with Gasteiger partial charge in [-0.15, -0.1) is 0 Å². The van der Waals surface area contributed by atoms with Gasteiger partial charge in [-0.05, 0) is 12.1 Å². The molecule has 0 aromatic carbocycles. The summed E-state index contributed by atoms with van der Waals surface area (Å²) in [4.78, 5) is 3.74. The Morgan fingerprint density at radius 1 is 1.56 bits per heavy atom. The molecule has 1 heterocycles. The molecule has 2 nitrogen and oxygen atoms in total. The molecule has 1 aromatic heterocycles. The average molecular weight is 143 g/mol. The molecule has 0 bridgehead atoms. The third kappa shape index (κ3) is 1.66. The van der Waals surface area contributed by atoms with E-state index in [1.807, 2.05) is 0 Å². The van der Waals surface area contributed by atoms with Gasteiger partial charge in [-0.3, -0.25) is 0 Å². The predicted molar refractivity (Wildman–Crippen MR) is 33.6 cm³/mol. The van der Waals surface area contributed by atoms with Crippen LogP contribution in [0.15, 0.2) is 18.2 Å². The van der Waals surface area contributed by atoms with Crippen molar-refractivity contribution in [3.63, 3.8) is 0 Å². The van der Waals surface area contributed by atoms with Crippen LogP contribution in [0.5, 0.6) is 0 Å². The van der Waals surface area contributed by atoms with Crippen molar-refractivity contribution in [1.82, 2.24) is 4.98 Å². The van der Waals surface area contributed by atoms with Crippen LogP contribution >= 0.6 is 11.6 Å².